The molecule has 1 aromatic heterocycles. The Morgan fingerprint density at radius 2 is 2.00 bits per heavy atom. The Morgan fingerprint density at radius 1 is 1.20 bits per heavy atom. The van der Waals surface area contributed by atoms with Gasteiger partial charge in [0.2, 0.25) is 0 Å². The van der Waals surface area contributed by atoms with Crippen LogP contribution in [0.25, 0.3) is 0 Å². The third-order valence-electron chi connectivity index (χ3n) is 3.99. The van der Waals surface area contributed by atoms with Crippen LogP contribution in [0.2, 0.25) is 0 Å². The van der Waals surface area contributed by atoms with Crippen LogP contribution in [0, 0.1) is 5.92 Å². The van der Waals surface area contributed by atoms with E-state index in [0.29, 0.717) is 12.6 Å². The first-order chi connectivity index (χ1) is 9.83. The van der Waals surface area contributed by atoms with Crippen molar-refractivity contribution in [2.45, 2.75) is 31.4 Å². The lowest BCUT2D eigenvalue weighted by atomic mass is 10.0. The lowest BCUT2D eigenvalue weighted by Crippen LogP contribution is -2.36. The Balaban J connectivity index is 1.55. The van der Waals surface area contributed by atoms with E-state index in [1.165, 1.54) is 18.4 Å². The molecule has 2 aromatic rings. The van der Waals surface area contributed by atoms with Crippen LogP contribution in [-0.2, 0) is 6.42 Å². The van der Waals surface area contributed by atoms with Crippen molar-refractivity contribution in [1.82, 2.24) is 5.32 Å². The van der Waals surface area contributed by atoms with Gasteiger partial charge in [-0.1, -0.05) is 30.3 Å². The molecule has 1 aromatic carbocycles. The van der Waals surface area contributed by atoms with E-state index in [4.69, 9.17) is 0 Å². The van der Waals surface area contributed by atoms with Crippen molar-refractivity contribution in [2.24, 2.45) is 5.92 Å². The van der Waals surface area contributed by atoms with Gasteiger partial charge in [-0.3, -0.25) is 0 Å². The first kappa shape index (κ1) is 13.8. The van der Waals surface area contributed by atoms with Gasteiger partial charge in [0.1, 0.15) is 0 Å². The van der Waals surface area contributed by atoms with E-state index >= 15 is 0 Å². The van der Waals surface area contributed by atoms with Crippen LogP contribution < -0.4 is 5.32 Å². The summed E-state index contributed by atoms with van der Waals surface area (Å²) >= 11 is 1.64. The van der Waals surface area contributed by atoms with Gasteiger partial charge in [0.15, 0.2) is 0 Å². The second-order valence-corrected chi connectivity index (χ2v) is 6.39. The first-order valence-electron chi connectivity index (χ1n) is 7.30. The molecule has 3 heteroatoms. The van der Waals surface area contributed by atoms with Crippen molar-refractivity contribution in [2.75, 3.05) is 6.54 Å². The van der Waals surface area contributed by atoms with Crippen molar-refractivity contribution < 1.29 is 5.11 Å². The van der Waals surface area contributed by atoms with Gasteiger partial charge in [-0.25, -0.2) is 0 Å². The second kappa shape index (κ2) is 6.53. The zero-order valence-corrected chi connectivity index (χ0v) is 12.4. The topological polar surface area (TPSA) is 32.3 Å². The summed E-state index contributed by atoms with van der Waals surface area (Å²) in [5.41, 5.74) is 2.40. The average molecular weight is 287 g/mol. The van der Waals surface area contributed by atoms with Crippen LogP contribution >= 0.6 is 11.3 Å². The quantitative estimate of drug-likeness (QED) is 0.818. The van der Waals surface area contributed by atoms with Crippen molar-refractivity contribution in [3.8, 4) is 0 Å². The molecule has 0 spiro atoms. The van der Waals surface area contributed by atoms with Gasteiger partial charge in [0.05, 0.1) is 6.10 Å². The summed E-state index contributed by atoms with van der Waals surface area (Å²) in [5, 5.41) is 17.8. The molecule has 1 heterocycles. The fourth-order valence-corrected chi connectivity index (χ4v) is 3.32. The summed E-state index contributed by atoms with van der Waals surface area (Å²) in [6.07, 6.45) is 3.30. The Bertz CT molecular complexity index is 507. The number of aliphatic hydroxyl groups is 1. The summed E-state index contributed by atoms with van der Waals surface area (Å²) in [7, 11) is 0. The highest BCUT2D eigenvalue weighted by molar-refractivity contribution is 7.07. The lowest BCUT2D eigenvalue weighted by molar-refractivity contribution is 0.168. The number of thiophene rings is 1. The zero-order valence-electron chi connectivity index (χ0n) is 11.5. The van der Waals surface area contributed by atoms with Gasteiger partial charge in [-0.05, 0) is 53.1 Å². The molecule has 0 radical (unpaired) electrons. The van der Waals surface area contributed by atoms with E-state index in [-0.39, 0.29) is 0 Å². The molecule has 106 valence electrons. The molecule has 0 aliphatic heterocycles. The van der Waals surface area contributed by atoms with Gasteiger partial charge >= 0.3 is 0 Å². The van der Waals surface area contributed by atoms with Crippen LogP contribution in [0.1, 0.15) is 30.1 Å². The molecule has 0 bridgehead atoms. The number of nitrogens with one attached hydrogen (secondary N) is 1. The van der Waals surface area contributed by atoms with E-state index in [2.05, 4.69) is 35.6 Å². The molecule has 2 N–H and O–H groups in total. The van der Waals surface area contributed by atoms with Crippen molar-refractivity contribution in [1.29, 1.82) is 0 Å². The molecule has 1 saturated carbocycles. The van der Waals surface area contributed by atoms with Crippen molar-refractivity contribution in [3.63, 3.8) is 0 Å². The predicted molar refractivity (Wildman–Crippen MR) is 83.9 cm³/mol. The highest BCUT2D eigenvalue weighted by atomic mass is 32.1. The Labute approximate surface area is 124 Å². The molecule has 1 aliphatic carbocycles. The van der Waals surface area contributed by atoms with Crippen molar-refractivity contribution >= 4 is 11.3 Å². The molecule has 20 heavy (non-hydrogen) atoms. The minimum absolute atomic E-state index is 0.390. The molecule has 1 aliphatic rings. The average Bonchev–Trinajstić information content (AvgIpc) is 3.18. The number of aliphatic hydroxyl groups excluding tert-OH is 1. The van der Waals surface area contributed by atoms with E-state index in [9.17, 15) is 5.11 Å². The molecular weight excluding hydrogens is 266 g/mol. The van der Waals surface area contributed by atoms with Gasteiger partial charge in [-0.2, -0.15) is 11.3 Å². The minimum Gasteiger partial charge on any atom is -0.387 e. The van der Waals surface area contributed by atoms with Crippen LogP contribution in [0.3, 0.4) is 0 Å². The summed E-state index contributed by atoms with van der Waals surface area (Å²) in [6, 6.07) is 13.1. The van der Waals surface area contributed by atoms with Crippen LogP contribution in [0.15, 0.2) is 47.2 Å². The molecule has 2 nitrogen and oxygen atoms in total. The third-order valence-corrected chi connectivity index (χ3v) is 4.69. The second-order valence-electron chi connectivity index (χ2n) is 5.61. The Kier molecular flexibility index (Phi) is 4.51. The zero-order chi connectivity index (χ0) is 13.8. The lowest BCUT2D eigenvalue weighted by Gasteiger charge is -2.20. The maximum atomic E-state index is 10.2. The van der Waals surface area contributed by atoms with E-state index in [1.54, 1.807) is 11.3 Å². The maximum Gasteiger partial charge on any atom is 0.0922 e. The van der Waals surface area contributed by atoms with Gasteiger partial charge in [-0.15, -0.1) is 0 Å². The number of rotatable bonds is 7. The summed E-state index contributed by atoms with van der Waals surface area (Å²) in [4.78, 5) is 0. The number of benzene rings is 1. The standard InChI is InChI=1S/C17H21NOS/c19-17(15-8-9-20-12-15)11-18-16(14-6-7-14)10-13-4-2-1-3-5-13/h1-5,8-9,12,14,16-19H,6-7,10-11H2. The van der Waals surface area contributed by atoms with Gasteiger partial charge < -0.3 is 10.4 Å². The van der Waals surface area contributed by atoms with Crippen LogP contribution in [0.5, 0.6) is 0 Å². The number of hydrogen-bond acceptors (Lipinski definition) is 3. The molecule has 1 fully saturated rings. The molecule has 2 atom stereocenters. The van der Waals surface area contributed by atoms with E-state index < -0.39 is 6.10 Å². The van der Waals surface area contributed by atoms with Crippen molar-refractivity contribution in [3.05, 3.63) is 58.3 Å². The Morgan fingerprint density at radius 3 is 2.65 bits per heavy atom. The first-order valence-corrected chi connectivity index (χ1v) is 8.24. The molecule has 3 rings (SSSR count). The van der Waals surface area contributed by atoms with E-state index in [1.807, 2.05) is 16.8 Å². The molecule has 0 amide bonds. The Hall–Kier alpha value is -1.16. The summed E-state index contributed by atoms with van der Waals surface area (Å²) in [5.74, 6) is 0.782. The fraction of sp³-hybridized carbons (Fsp3) is 0.412. The van der Waals surface area contributed by atoms with Crippen LogP contribution in [-0.4, -0.2) is 17.7 Å². The highest BCUT2D eigenvalue weighted by Crippen LogP contribution is 2.34. The smallest absolute Gasteiger partial charge is 0.0922 e. The fourth-order valence-electron chi connectivity index (χ4n) is 2.62. The maximum absolute atomic E-state index is 10.2. The molecular formula is C17H21NOS. The van der Waals surface area contributed by atoms with Gasteiger partial charge in [0.25, 0.3) is 0 Å². The highest BCUT2D eigenvalue weighted by Gasteiger charge is 2.31. The minimum atomic E-state index is -0.390. The monoisotopic (exact) mass is 287 g/mol. The molecule has 2 unspecified atom stereocenters. The summed E-state index contributed by atoms with van der Waals surface area (Å²) in [6.45, 7) is 0.644. The SMILES string of the molecule is OC(CNC(Cc1ccccc1)C1CC1)c1ccsc1. The molecule has 0 saturated heterocycles. The van der Waals surface area contributed by atoms with E-state index in [0.717, 1.165) is 17.9 Å². The van der Waals surface area contributed by atoms with Crippen LogP contribution in [0.4, 0.5) is 0 Å². The largest absolute Gasteiger partial charge is 0.387 e. The van der Waals surface area contributed by atoms with Gasteiger partial charge in [0, 0.05) is 12.6 Å². The summed E-state index contributed by atoms with van der Waals surface area (Å²) < 4.78 is 0. The normalized spacial score (nSPS) is 17.9. The number of hydrogen-bond donors (Lipinski definition) is 2. The predicted octanol–water partition coefficient (Wildman–Crippen LogP) is 3.39. The third kappa shape index (κ3) is 3.69.